The lowest BCUT2D eigenvalue weighted by Crippen LogP contribution is -2.56. The van der Waals surface area contributed by atoms with Crippen LogP contribution in [0.1, 0.15) is 51.9 Å². The van der Waals surface area contributed by atoms with Crippen molar-refractivity contribution in [1.82, 2.24) is 5.32 Å². The first-order valence-electron chi connectivity index (χ1n) is 7.31. The van der Waals surface area contributed by atoms with Crippen LogP contribution in [0, 0.1) is 0 Å². The predicted molar refractivity (Wildman–Crippen MR) is 67.1 cm³/mol. The quantitative estimate of drug-likeness (QED) is 0.816. The smallest absolute Gasteiger partial charge is 0.0697 e. The molecule has 3 heteroatoms. The zero-order valence-corrected chi connectivity index (χ0v) is 10.9. The Labute approximate surface area is 104 Å². The second kappa shape index (κ2) is 4.87. The fourth-order valence-electron chi connectivity index (χ4n) is 3.50. The topological polar surface area (TPSA) is 30.5 Å². The molecule has 1 aliphatic heterocycles. The first-order valence-corrected chi connectivity index (χ1v) is 7.31. The van der Waals surface area contributed by atoms with Gasteiger partial charge in [-0.05, 0) is 51.9 Å². The van der Waals surface area contributed by atoms with Gasteiger partial charge in [0.15, 0.2) is 0 Å². The molecule has 17 heavy (non-hydrogen) atoms. The zero-order chi connectivity index (χ0) is 11.7. The van der Waals surface area contributed by atoms with Crippen molar-refractivity contribution in [3.05, 3.63) is 0 Å². The first-order chi connectivity index (χ1) is 8.30. The van der Waals surface area contributed by atoms with E-state index in [1.165, 1.54) is 44.9 Å². The average molecular weight is 239 g/mol. The summed E-state index contributed by atoms with van der Waals surface area (Å²) in [5.41, 5.74) is 0.277. The van der Waals surface area contributed by atoms with Gasteiger partial charge in [0.2, 0.25) is 0 Å². The Morgan fingerprint density at radius 2 is 2.12 bits per heavy atom. The lowest BCUT2D eigenvalue weighted by Gasteiger charge is -2.49. The molecule has 0 aromatic heterocycles. The second-order valence-corrected chi connectivity index (χ2v) is 5.99. The van der Waals surface area contributed by atoms with Crippen LogP contribution in [0.2, 0.25) is 0 Å². The van der Waals surface area contributed by atoms with Crippen molar-refractivity contribution in [2.24, 2.45) is 0 Å². The third-order valence-electron chi connectivity index (χ3n) is 4.73. The van der Waals surface area contributed by atoms with E-state index < -0.39 is 0 Å². The lowest BCUT2D eigenvalue weighted by molar-refractivity contribution is -0.138. The highest BCUT2D eigenvalue weighted by Crippen LogP contribution is 2.42. The van der Waals surface area contributed by atoms with Crippen LogP contribution in [-0.2, 0) is 9.47 Å². The van der Waals surface area contributed by atoms with Crippen LogP contribution in [0.4, 0.5) is 0 Å². The fourth-order valence-corrected chi connectivity index (χ4v) is 3.50. The molecule has 1 atom stereocenters. The van der Waals surface area contributed by atoms with Crippen LogP contribution < -0.4 is 5.32 Å². The van der Waals surface area contributed by atoms with Crippen molar-refractivity contribution < 1.29 is 9.47 Å². The summed E-state index contributed by atoms with van der Waals surface area (Å²) in [7, 11) is 0. The maximum absolute atomic E-state index is 5.96. The molecular weight excluding hydrogens is 214 g/mol. The molecule has 1 heterocycles. The molecule has 1 spiro atoms. The Bertz CT molecular complexity index is 259. The van der Waals surface area contributed by atoms with Gasteiger partial charge in [0.1, 0.15) is 0 Å². The normalized spacial score (nSPS) is 39.7. The van der Waals surface area contributed by atoms with Crippen LogP contribution in [-0.4, -0.2) is 37.0 Å². The van der Waals surface area contributed by atoms with Gasteiger partial charge in [-0.15, -0.1) is 0 Å². The number of ether oxygens (including phenoxy) is 2. The van der Waals surface area contributed by atoms with E-state index in [1.807, 2.05) is 0 Å². The Morgan fingerprint density at radius 1 is 1.29 bits per heavy atom. The number of rotatable bonds is 4. The number of hydrogen-bond donors (Lipinski definition) is 1. The van der Waals surface area contributed by atoms with Gasteiger partial charge in [-0.25, -0.2) is 0 Å². The molecule has 3 rings (SSSR count). The number of hydrogen-bond acceptors (Lipinski definition) is 3. The average Bonchev–Trinajstić information content (AvgIpc) is 2.25. The predicted octanol–water partition coefficient (Wildman–Crippen LogP) is 2.25. The summed E-state index contributed by atoms with van der Waals surface area (Å²) in [5.74, 6) is 0. The summed E-state index contributed by atoms with van der Waals surface area (Å²) in [4.78, 5) is 0. The van der Waals surface area contributed by atoms with Gasteiger partial charge in [-0.3, -0.25) is 0 Å². The molecular formula is C14H25NO2. The van der Waals surface area contributed by atoms with Gasteiger partial charge in [-0.2, -0.15) is 0 Å². The molecule has 0 bridgehead atoms. The lowest BCUT2D eigenvalue weighted by atomic mass is 9.73. The highest BCUT2D eigenvalue weighted by molar-refractivity contribution is 4.98. The molecule has 0 amide bonds. The minimum atomic E-state index is 0.277. The van der Waals surface area contributed by atoms with Gasteiger partial charge < -0.3 is 14.8 Å². The molecule has 1 unspecified atom stereocenters. The van der Waals surface area contributed by atoms with Gasteiger partial charge in [0, 0.05) is 25.3 Å². The summed E-state index contributed by atoms with van der Waals surface area (Å²) in [6, 6.07) is 1.39. The third-order valence-corrected chi connectivity index (χ3v) is 4.73. The fraction of sp³-hybridized carbons (Fsp3) is 1.00. The minimum absolute atomic E-state index is 0.277. The largest absolute Gasteiger partial charge is 0.378 e. The molecule has 3 fully saturated rings. The highest BCUT2D eigenvalue weighted by atomic mass is 16.5. The van der Waals surface area contributed by atoms with E-state index >= 15 is 0 Å². The van der Waals surface area contributed by atoms with Gasteiger partial charge >= 0.3 is 0 Å². The monoisotopic (exact) mass is 239 g/mol. The van der Waals surface area contributed by atoms with Crippen LogP contribution in [0.15, 0.2) is 0 Å². The molecule has 1 N–H and O–H groups in total. The summed E-state index contributed by atoms with van der Waals surface area (Å²) in [6.45, 7) is 3.90. The van der Waals surface area contributed by atoms with E-state index in [0.717, 1.165) is 13.2 Å². The molecule has 0 radical (unpaired) electrons. The minimum Gasteiger partial charge on any atom is -0.378 e. The zero-order valence-electron chi connectivity index (χ0n) is 10.9. The van der Waals surface area contributed by atoms with Crippen LogP contribution in [0.3, 0.4) is 0 Å². The molecule has 3 nitrogen and oxygen atoms in total. The van der Waals surface area contributed by atoms with E-state index in [0.29, 0.717) is 18.2 Å². The SMILES string of the molecule is CCOC1CC(NC2CCOC3(CCC3)C2)C1. The van der Waals surface area contributed by atoms with E-state index in [9.17, 15) is 0 Å². The molecule has 2 aliphatic carbocycles. The van der Waals surface area contributed by atoms with E-state index in [2.05, 4.69) is 12.2 Å². The van der Waals surface area contributed by atoms with Gasteiger partial charge in [0.25, 0.3) is 0 Å². The van der Waals surface area contributed by atoms with Crippen LogP contribution in [0.5, 0.6) is 0 Å². The Morgan fingerprint density at radius 3 is 2.76 bits per heavy atom. The van der Waals surface area contributed by atoms with Gasteiger partial charge in [-0.1, -0.05) is 0 Å². The van der Waals surface area contributed by atoms with E-state index in [-0.39, 0.29) is 5.60 Å². The standard InChI is InChI=1S/C14H25NO2/c1-2-16-13-8-12(9-13)15-11-4-7-17-14(10-11)5-3-6-14/h11-13,15H,2-10H2,1H3. The van der Waals surface area contributed by atoms with Crippen molar-refractivity contribution in [3.8, 4) is 0 Å². The van der Waals surface area contributed by atoms with Crippen molar-refractivity contribution in [1.29, 1.82) is 0 Å². The van der Waals surface area contributed by atoms with Crippen LogP contribution >= 0.6 is 0 Å². The highest BCUT2D eigenvalue weighted by Gasteiger charge is 2.43. The molecule has 98 valence electrons. The van der Waals surface area contributed by atoms with Crippen molar-refractivity contribution in [2.45, 2.75) is 75.7 Å². The summed E-state index contributed by atoms with van der Waals surface area (Å²) in [6.07, 6.45) is 9.31. The maximum Gasteiger partial charge on any atom is 0.0697 e. The molecule has 1 saturated heterocycles. The van der Waals surface area contributed by atoms with Crippen molar-refractivity contribution >= 4 is 0 Å². The second-order valence-electron chi connectivity index (χ2n) is 5.99. The summed E-state index contributed by atoms with van der Waals surface area (Å²) < 4.78 is 11.6. The molecule has 0 aromatic carbocycles. The maximum atomic E-state index is 5.96. The van der Waals surface area contributed by atoms with E-state index in [4.69, 9.17) is 9.47 Å². The Balaban J connectivity index is 1.41. The first kappa shape index (κ1) is 11.9. The molecule has 2 saturated carbocycles. The van der Waals surface area contributed by atoms with E-state index in [1.54, 1.807) is 0 Å². The van der Waals surface area contributed by atoms with Crippen LogP contribution in [0.25, 0.3) is 0 Å². The van der Waals surface area contributed by atoms with Crippen molar-refractivity contribution in [3.63, 3.8) is 0 Å². The summed E-state index contributed by atoms with van der Waals surface area (Å²) >= 11 is 0. The van der Waals surface area contributed by atoms with Crippen molar-refractivity contribution in [2.75, 3.05) is 13.2 Å². The Kier molecular flexibility index (Phi) is 3.42. The number of nitrogens with one attached hydrogen (secondary N) is 1. The Hall–Kier alpha value is -0.120. The molecule has 0 aromatic rings. The summed E-state index contributed by atoms with van der Waals surface area (Å²) in [5, 5.41) is 3.81. The third kappa shape index (κ3) is 2.51. The molecule has 3 aliphatic rings. The van der Waals surface area contributed by atoms with Gasteiger partial charge in [0.05, 0.1) is 11.7 Å².